The highest BCUT2D eigenvalue weighted by atomic mass is 32.1. The van der Waals surface area contributed by atoms with Gasteiger partial charge in [-0.15, -0.1) is 11.3 Å². The Hall–Kier alpha value is -0.980. The smallest absolute Gasteiger partial charge is 0.265 e. The van der Waals surface area contributed by atoms with Crippen molar-refractivity contribution < 1.29 is 14.3 Å². The Labute approximate surface area is 129 Å². The van der Waals surface area contributed by atoms with E-state index in [4.69, 9.17) is 9.47 Å². The summed E-state index contributed by atoms with van der Waals surface area (Å²) in [5, 5.41) is 0.743. The van der Waals surface area contributed by atoms with Gasteiger partial charge in [-0.2, -0.15) is 0 Å². The molecule has 116 valence electrons. The molecule has 1 amide bonds. The summed E-state index contributed by atoms with van der Waals surface area (Å²) in [5.74, 6) is 0.724. The summed E-state index contributed by atoms with van der Waals surface area (Å²) in [5.41, 5.74) is 0. The first-order valence-electron chi connectivity index (χ1n) is 7.69. The second-order valence-electron chi connectivity index (χ2n) is 5.79. The van der Waals surface area contributed by atoms with Gasteiger partial charge in [0.15, 0.2) is 0 Å². The van der Waals surface area contributed by atoms with E-state index in [0.717, 1.165) is 24.4 Å². The van der Waals surface area contributed by atoms with E-state index >= 15 is 0 Å². The van der Waals surface area contributed by atoms with Gasteiger partial charge in [0.1, 0.15) is 9.88 Å². The molecule has 3 heterocycles. The van der Waals surface area contributed by atoms with E-state index in [-0.39, 0.29) is 5.91 Å². The molecular formula is C15H22N2O3S. The molecule has 2 aliphatic rings. The Morgan fingerprint density at radius 2 is 2.19 bits per heavy atom. The summed E-state index contributed by atoms with van der Waals surface area (Å²) in [6.45, 7) is 6.38. The van der Waals surface area contributed by atoms with E-state index in [1.54, 1.807) is 6.20 Å². The van der Waals surface area contributed by atoms with Crippen molar-refractivity contribution in [3.63, 3.8) is 0 Å². The van der Waals surface area contributed by atoms with Crippen LogP contribution in [0, 0.1) is 5.92 Å². The molecule has 0 saturated carbocycles. The van der Waals surface area contributed by atoms with Crippen LogP contribution in [0.15, 0.2) is 6.20 Å². The Morgan fingerprint density at radius 1 is 1.43 bits per heavy atom. The van der Waals surface area contributed by atoms with Crippen LogP contribution >= 0.6 is 11.3 Å². The maximum absolute atomic E-state index is 12.7. The van der Waals surface area contributed by atoms with Crippen LogP contribution < -0.4 is 0 Å². The lowest BCUT2D eigenvalue weighted by Crippen LogP contribution is -2.45. The molecule has 1 aromatic heterocycles. The summed E-state index contributed by atoms with van der Waals surface area (Å²) in [7, 11) is 0. The maximum Gasteiger partial charge on any atom is 0.265 e. The minimum absolute atomic E-state index is 0.0994. The molecule has 5 nitrogen and oxygen atoms in total. The van der Waals surface area contributed by atoms with Gasteiger partial charge in [0.25, 0.3) is 5.91 Å². The Morgan fingerprint density at radius 3 is 2.90 bits per heavy atom. The number of aromatic nitrogens is 1. The fourth-order valence-corrected chi connectivity index (χ4v) is 3.81. The van der Waals surface area contributed by atoms with Crippen molar-refractivity contribution in [1.82, 2.24) is 9.88 Å². The quantitative estimate of drug-likeness (QED) is 0.861. The number of hydrogen-bond donors (Lipinski definition) is 0. The SMILES string of the molecule is CC[C@@H]1CC[C@H](C)N(C(=O)c2cnc(C3OCCO3)s2)C1. The molecular weight excluding hydrogens is 288 g/mol. The van der Waals surface area contributed by atoms with Crippen molar-refractivity contribution in [3.05, 3.63) is 16.1 Å². The standard InChI is InChI=1S/C15H22N2O3S/c1-3-11-5-4-10(2)17(9-11)14(18)12-8-16-13(21-12)15-19-6-7-20-15/h8,10-11,15H,3-7,9H2,1-2H3/t10-,11+/m0/s1. The molecule has 2 atom stereocenters. The van der Waals surface area contributed by atoms with Crippen LogP contribution in [0.3, 0.4) is 0 Å². The van der Waals surface area contributed by atoms with Crippen LogP contribution in [0.4, 0.5) is 0 Å². The molecule has 0 unspecified atom stereocenters. The molecule has 0 radical (unpaired) electrons. The predicted molar refractivity (Wildman–Crippen MR) is 80.3 cm³/mol. The van der Waals surface area contributed by atoms with Crippen LogP contribution in [0.2, 0.25) is 0 Å². The topological polar surface area (TPSA) is 51.7 Å². The number of ether oxygens (including phenoxy) is 2. The molecule has 6 heteroatoms. The van der Waals surface area contributed by atoms with Crippen LogP contribution in [0.25, 0.3) is 0 Å². The molecule has 0 aromatic carbocycles. The number of amides is 1. The van der Waals surface area contributed by atoms with Gasteiger partial charge in [0, 0.05) is 12.6 Å². The van der Waals surface area contributed by atoms with Crippen LogP contribution in [-0.4, -0.2) is 41.6 Å². The van der Waals surface area contributed by atoms with Crippen molar-refractivity contribution in [1.29, 1.82) is 0 Å². The minimum Gasteiger partial charge on any atom is -0.344 e. The molecule has 1 aromatic rings. The zero-order chi connectivity index (χ0) is 14.8. The first-order valence-corrected chi connectivity index (χ1v) is 8.50. The van der Waals surface area contributed by atoms with Crippen molar-refractivity contribution >= 4 is 17.2 Å². The van der Waals surface area contributed by atoms with Crippen LogP contribution in [0.5, 0.6) is 0 Å². The van der Waals surface area contributed by atoms with Gasteiger partial charge >= 0.3 is 0 Å². The van der Waals surface area contributed by atoms with Gasteiger partial charge in [-0.3, -0.25) is 4.79 Å². The molecule has 0 spiro atoms. The molecule has 2 saturated heterocycles. The summed E-state index contributed by atoms with van der Waals surface area (Å²) in [6.07, 6.45) is 4.71. The zero-order valence-electron chi connectivity index (χ0n) is 12.6. The minimum atomic E-state index is -0.390. The first kappa shape index (κ1) is 14.9. The fourth-order valence-electron chi connectivity index (χ4n) is 2.94. The van der Waals surface area contributed by atoms with Gasteiger partial charge in [-0.05, 0) is 25.7 Å². The van der Waals surface area contributed by atoms with Crippen LogP contribution in [-0.2, 0) is 9.47 Å². The summed E-state index contributed by atoms with van der Waals surface area (Å²) in [4.78, 5) is 19.7. The van der Waals surface area contributed by atoms with Crippen molar-refractivity contribution in [2.45, 2.75) is 45.4 Å². The predicted octanol–water partition coefficient (Wildman–Crippen LogP) is 2.84. The highest BCUT2D eigenvalue weighted by molar-refractivity contribution is 7.13. The number of likely N-dealkylation sites (tertiary alicyclic amines) is 1. The summed E-state index contributed by atoms with van der Waals surface area (Å²) in [6, 6.07) is 0.310. The Balaban J connectivity index is 1.71. The largest absolute Gasteiger partial charge is 0.344 e. The van der Waals surface area contributed by atoms with E-state index in [2.05, 4.69) is 18.8 Å². The van der Waals surface area contributed by atoms with Crippen molar-refractivity contribution in [2.24, 2.45) is 5.92 Å². The molecule has 3 rings (SSSR count). The molecule has 0 bridgehead atoms. The number of hydrogen-bond acceptors (Lipinski definition) is 5. The van der Waals surface area contributed by atoms with Crippen molar-refractivity contribution in [2.75, 3.05) is 19.8 Å². The number of thiazole rings is 1. The van der Waals surface area contributed by atoms with Gasteiger partial charge < -0.3 is 14.4 Å². The molecule has 2 aliphatic heterocycles. The zero-order valence-corrected chi connectivity index (χ0v) is 13.4. The van der Waals surface area contributed by atoms with Crippen LogP contribution in [0.1, 0.15) is 54.1 Å². The summed E-state index contributed by atoms with van der Waals surface area (Å²) >= 11 is 1.39. The lowest BCUT2D eigenvalue weighted by atomic mass is 9.91. The van der Waals surface area contributed by atoms with Gasteiger partial charge in [0.2, 0.25) is 6.29 Å². The van der Waals surface area contributed by atoms with E-state index in [0.29, 0.717) is 30.1 Å². The maximum atomic E-state index is 12.7. The Kier molecular flexibility index (Phi) is 4.57. The van der Waals surface area contributed by atoms with E-state index < -0.39 is 6.29 Å². The molecule has 0 N–H and O–H groups in total. The monoisotopic (exact) mass is 310 g/mol. The van der Waals surface area contributed by atoms with Crippen molar-refractivity contribution in [3.8, 4) is 0 Å². The third-order valence-corrected chi connectivity index (χ3v) is 5.38. The second-order valence-corrected chi connectivity index (χ2v) is 6.86. The molecule has 21 heavy (non-hydrogen) atoms. The third kappa shape index (κ3) is 3.12. The van der Waals surface area contributed by atoms with Gasteiger partial charge in [-0.1, -0.05) is 13.3 Å². The number of piperidine rings is 1. The fraction of sp³-hybridized carbons (Fsp3) is 0.733. The van der Waals surface area contributed by atoms with E-state index in [1.165, 1.54) is 17.8 Å². The number of rotatable bonds is 3. The number of carbonyl (C=O) groups is 1. The van der Waals surface area contributed by atoms with E-state index in [1.807, 2.05) is 4.90 Å². The summed E-state index contributed by atoms with van der Waals surface area (Å²) < 4.78 is 10.9. The lowest BCUT2D eigenvalue weighted by Gasteiger charge is -2.37. The van der Waals surface area contributed by atoms with Gasteiger partial charge in [-0.25, -0.2) is 4.98 Å². The number of carbonyl (C=O) groups excluding carboxylic acids is 1. The molecule has 0 aliphatic carbocycles. The Bertz CT molecular complexity index is 499. The van der Waals surface area contributed by atoms with E-state index in [9.17, 15) is 4.79 Å². The number of nitrogens with zero attached hydrogens (tertiary/aromatic N) is 2. The third-order valence-electron chi connectivity index (χ3n) is 4.38. The lowest BCUT2D eigenvalue weighted by molar-refractivity contribution is -0.0442. The molecule has 2 fully saturated rings. The van der Waals surface area contributed by atoms with Gasteiger partial charge in [0.05, 0.1) is 19.4 Å². The average Bonchev–Trinajstić information content (AvgIpc) is 3.18. The average molecular weight is 310 g/mol. The second kappa shape index (κ2) is 6.42. The first-order chi connectivity index (χ1) is 10.2. The highest BCUT2D eigenvalue weighted by Crippen LogP contribution is 2.30. The highest BCUT2D eigenvalue weighted by Gasteiger charge is 2.31. The normalized spacial score (nSPS) is 27.2.